The number of ether oxygens (including phenoxy) is 3. The molecular formula is C15H18O7. The minimum absolute atomic E-state index is 0.189. The molecule has 120 valence electrons. The van der Waals surface area contributed by atoms with Gasteiger partial charge in [0.2, 0.25) is 5.60 Å². The molecule has 7 heteroatoms. The standard InChI is InChI=1S/C15H18O7/c1-12(2,18)6-7-10(16)20-8(6)9-13(3)14(7,19)4-5-15(13,22-5)11(17)21-9/h5-9,18-19H,4H2,1-3H3/t5-,6-,7-,8+,9+,13+,14-,15-/m1/s1. The van der Waals surface area contributed by atoms with E-state index in [9.17, 15) is 19.8 Å². The molecule has 2 bridgehead atoms. The van der Waals surface area contributed by atoms with Gasteiger partial charge in [-0.2, -0.15) is 0 Å². The summed E-state index contributed by atoms with van der Waals surface area (Å²) in [5.41, 5.74) is -4.89. The van der Waals surface area contributed by atoms with E-state index in [2.05, 4.69) is 0 Å². The Bertz CT molecular complexity index is 638. The number of carbonyl (C=O) groups is 2. The summed E-state index contributed by atoms with van der Waals surface area (Å²) in [4.78, 5) is 24.8. The van der Waals surface area contributed by atoms with Gasteiger partial charge < -0.3 is 24.4 Å². The van der Waals surface area contributed by atoms with E-state index in [1.165, 1.54) is 0 Å². The number of aliphatic hydroxyl groups is 2. The largest absolute Gasteiger partial charge is 0.458 e. The second-order valence-electron chi connectivity index (χ2n) is 8.06. The van der Waals surface area contributed by atoms with Crippen molar-refractivity contribution in [3.63, 3.8) is 0 Å². The zero-order chi connectivity index (χ0) is 15.9. The molecule has 0 amide bonds. The maximum absolute atomic E-state index is 12.4. The Kier molecular flexibility index (Phi) is 1.85. The molecule has 1 spiro atoms. The molecule has 3 saturated heterocycles. The Balaban J connectivity index is 1.76. The Morgan fingerprint density at radius 1 is 1.27 bits per heavy atom. The van der Waals surface area contributed by atoms with Crippen LogP contribution in [0, 0.1) is 17.3 Å². The lowest BCUT2D eigenvalue weighted by Crippen LogP contribution is -2.68. The number of hydrogen-bond donors (Lipinski definition) is 2. The van der Waals surface area contributed by atoms with Gasteiger partial charge in [-0.1, -0.05) is 0 Å². The Hall–Kier alpha value is -1.18. The molecule has 2 N–H and O–H groups in total. The highest BCUT2D eigenvalue weighted by atomic mass is 16.7. The van der Waals surface area contributed by atoms with Gasteiger partial charge in [0.25, 0.3) is 0 Å². The lowest BCUT2D eigenvalue weighted by molar-refractivity contribution is -0.223. The molecule has 7 nitrogen and oxygen atoms in total. The normalized spacial score (nSPS) is 60.7. The fraction of sp³-hybridized carbons (Fsp3) is 0.867. The molecule has 0 aromatic carbocycles. The molecule has 2 saturated carbocycles. The third kappa shape index (κ3) is 0.962. The Morgan fingerprint density at radius 2 is 1.95 bits per heavy atom. The van der Waals surface area contributed by atoms with Crippen LogP contribution in [0.2, 0.25) is 0 Å². The van der Waals surface area contributed by atoms with Crippen LogP contribution in [0.25, 0.3) is 0 Å². The summed E-state index contributed by atoms with van der Waals surface area (Å²) in [6, 6.07) is 0. The second-order valence-corrected chi connectivity index (χ2v) is 8.06. The summed E-state index contributed by atoms with van der Waals surface area (Å²) in [5.74, 6) is -2.51. The van der Waals surface area contributed by atoms with Crippen LogP contribution in [0.3, 0.4) is 0 Å². The van der Waals surface area contributed by atoms with E-state index < -0.39 is 64.3 Å². The van der Waals surface area contributed by atoms with Gasteiger partial charge >= 0.3 is 11.9 Å². The second kappa shape index (κ2) is 3.07. The van der Waals surface area contributed by atoms with E-state index >= 15 is 0 Å². The zero-order valence-corrected chi connectivity index (χ0v) is 12.5. The summed E-state index contributed by atoms with van der Waals surface area (Å²) >= 11 is 0. The Morgan fingerprint density at radius 3 is 2.59 bits per heavy atom. The summed E-state index contributed by atoms with van der Waals surface area (Å²) in [6.45, 7) is 4.92. The van der Waals surface area contributed by atoms with E-state index in [1.807, 2.05) is 0 Å². The lowest BCUT2D eigenvalue weighted by Gasteiger charge is -2.53. The smallest absolute Gasteiger partial charge is 0.342 e. The molecule has 5 rings (SSSR count). The molecule has 22 heavy (non-hydrogen) atoms. The lowest BCUT2D eigenvalue weighted by atomic mass is 9.52. The third-order valence-corrected chi connectivity index (χ3v) is 6.85. The molecular weight excluding hydrogens is 292 g/mol. The first kappa shape index (κ1) is 13.3. The molecule has 0 aromatic heterocycles. The summed E-state index contributed by atoms with van der Waals surface area (Å²) in [5, 5.41) is 21.9. The monoisotopic (exact) mass is 310 g/mol. The average molecular weight is 310 g/mol. The molecule has 0 radical (unpaired) electrons. The Labute approximate surface area is 126 Å². The fourth-order valence-electron chi connectivity index (χ4n) is 5.83. The van der Waals surface area contributed by atoms with Crippen molar-refractivity contribution in [2.24, 2.45) is 17.3 Å². The van der Waals surface area contributed by atoms with Crippen LogP contribution in [0.5, 0.6) is 0 Å². The molecule has 0 unspecified atom stereocenters. The minimum atomic E-state index is -1.47. The molecule has 3 aliphatic heterocycles. The van der Waals surface area contributed by atoms with Crippen molar-refractivity contribution < 1.29 is 34.0 Å². The minimum Gasteiger partial charge on any atom is -0.458 e. The summed E-state index contributed by atoms with van der Waals surface area (Å²) < 4.78 is 16.5. The highest BCUT2D eigenvalue weighted by Gasteiger charge is 2.95. The number of fused-ring (bicyclic) bond motifs is 4. The number of carbonyl (C=O) groups excluding carboxylic acids is 2. The van der Waals surface area contributed by atoms with Crippen LogP contribution >= 0.6 is 0 Å². The number of esters is 2. The van der Waals surface area contributed by atoms with Crippen molar-refractivity contribution in [1.29, 1.82) is 0 Å². The number of epoxide rings is 1. The van der Waals surface area contributed by atoms with Gasteiger partial charge in [-0.15, -0.1) is 0 Å². The summed E-state index contributed by atoms with van der Waals surface area (Å²) in [6.07, 6.45) is -1.78. The van der Waals surface area contributed by atoms with E-state index in [-0.39, 0.29) is 6.42 Å². The van der Waals surface area contributed by atoms with Gasteiger partial charge in [-0.3, -0.25) is 4.79 Å². The van der Waals surface area contributed by atoms with Crippen LogP contribution in [0.4, 0.5) is 0 Å². The fourth-order valence-corrected chi connectivity index (χ4v) is 5.83. The first-order valence-electron chi connectivity index (χ1n) is 7.63. The quantitative estimate of drug-likeness (QED) is 0.479. The maximum Gasteiger partial charge on any atom is 0.342 e. The third-order valence-electron chi connectivity index (χ3n) is 6.85. The molecule has 3 heterocycles. The van der Waals surface area contributed by atoms with E-state index in [0.29, 0.717) is 0 Å². The molecule has 0 aromatic rings. The van der Waals surface area contributed by atoms with Gasteiger partial charge in [-0.05, 0) is 20.8 Å². The van der Waals surface area contributed by atoms with Crippen LogP contribution in [-0.4, -0.2) is 57.3 Å². The van der Waals surface area contributed by atoms with Gasteiger partial charge in [0.1, 0.15) is 12.2 Å². The highest BCUT2D eigenvalue weighted by molar-refractivity contribution is 5.91. The summed E-state index contributed by atoms with van der Waals surface area (Å²) in [7, 11) is 0. The molecule has 2 aliphatic carbocycles. The molecule has 5 fully saturated rings. The SMILES string of the molecule is CC(C)(O)[C@H]1[C@@H]2OC(=O)[C@@H]1[C@]1(O)C[C@H]3O[C@@]34C(=O)O[C@@H]2[C@@]14C. The van der Waals surface area contributed by atoms with Gasteiger partial charge in [-0.25, -0.2) is 4.79 Å². The van der Waals surface area contributed by atoms with Crippen molar-refractivity contribution >= 4 is 11.9 Å². The average Bonchev–Trinajstić information content (AvgIpc) is 2.85. The van der Waals surface area contributed by atoms with E-state index in [1.54, 1.807) is 20.8 Å². The van der Waals surface area contributed by atoms with Gasteiger partial charge in [0.15, 0.2) is 6.10 Å². The van der Waals surface area contributed by atoms with Crippen LogP contribution in [-0.2, 0) is 23.8 Å². The molecule has 5 aliphatic rings. The number of hydrogen-bond acceptors (Lipinski definition) is 7. The van der Waals surface area contributed by atoms with Crippen LogP contribution in [0.15, 0.2) is 0 Å². The van der Waals surface area contributed by atoms with Crippen molar-refractivity contribution in [3.8, 4) is 0 Å². The maximum atomic E-state index is 12.4. The van der Waals surface area contributed by atoms with Crippen molar-refractivity contribution in [1.82, 2.24) is 0 Å². The predicted octanol–water partition coefficient (Wildman–Crippen LogP) is -0.867. The predicted molar refractivity (Wildman–Crippen MR) is 68.3 cm³/mol. The van der Waals surface area contributed by atoms with Crippen LogP contribution < -0.4 is 0 Å². The first-order valence-corrected chi connectivity index (χ1v) is 7.63. The van der Waals surface area contributed by atoms with Crippen LogP contribution in [0.1, 0.15) is 27.2 Å². The van der Waals surface area contributed by atoms with Crippen molar-refractivity contribution in [2.45, 2.75) is 62.3 Å². The van der Waals surface area contributed by atoms with Gasteiger partial charge in [0, 0.05) is 12.3 Å². The van der Waals surface area contributed by atoms with E-state index in [0.717, 1.165) is 0 Å². The van der Waals surface area contributed by atoms with Gasteiger partial charge in [0.05, 0.1) is 22.5 Å². The topological polar surface area (TPSA) is 106 Å². The first-order chi connectivity index (χ1) is 10.1. The van der Waals surface area contributed by atoms with Crippen molar-refractivity contribution in [2.75, 3.05) is 0 Å². The number of rotatable bonds is 1. The van der Waals surface area contributed by atoms with Crippen molar-refractivity contribution in [3.05, 3.63) is 0 Å². The highest BCUT2D eigenvalue weighted by Crippen LogP contribution is 2.77. The zero-order valence-electron chi connectivity index (χ0n) is 12.5. The van der Waals surface area contributed by atoms with E-state index in [4.69, 9.17) is 14.2 Å². The molecule has 8 atom stereocenters.